The van der Waals surface area contributed by atoms with Crippen LogP contribution in [0.3, 0.4) is 0 Å². The fraction of sp³-hybridized carbons (Fsp3) is 0.333. The van der Waals surface area contributed by atoms with Crippen molar-refractivity contribution in [3.63, 3.8) is 0 Å². The maximum absolute atomic E-state index is 10.3. The van der Waals surface area contributed by atoms with Crippen LogP contribution in [0.4, 0.5) is 5.69 Å². The first-order valence-electron chi connectivity index (χ1n) is 4.39. The van der Waals surface area contributed by atoms with Crippen LogP contribution >= 0.6 is 15.9 Å². The Bertz CT molecular complexity index is 333. The third kappa shape index (κ3) is 4.75. The number of anilines is 1. The summed E-state index contributed by atoms with van der Waals surface area (Å²) < 4.78 is 5.88. The van der Waals surface area contributed by atoms with Crippen LogP contribution in [0, 0.1) is 0 Å². The molecule has 1 aromatic rings. The summed E-state index contributed by atoms with van der Waals surface area (Å²) in [6.07, 6.45) is 3.39. The van der Waals surface area contributed by atoms with Crippen molar-refractivity contribution in [2.75, 3.05) is 25.1 Å². The molecule has 82 valence electrons. The summed E-state index contributed by atoms with van der Waals surface area (Å²) >= 11 is 3.35. The summed E-state index contributed by atoms with van der Waals surface area (Å²) in [7, 11) is 0. The molecule has 0 saturated carbocycles. The SMILES string of the molecule is NC(=O)COCCNc1ccncc1Br. The molecule has 0 bridgehead atoms. The van der Waals surface area contributed by atoms with Gasteiger partial charge in [-0.15, -0.1) is 0 Å². The number of nitrogens with zero attached hydrogens (tertiary/aromatic N) is 1. The van der Waals surface area contributed by atoms with Gasteiger partial charge in [0.25, 0.3) is 0 Å². The molecule has 1 heterocycles. The Morgan fingerprint density at radius 3 is 3.13 bits per heavy atom. The first-order valence-corrected chi connectivity index (χ1v) is 5.19. The van der Waals surface area contributed by atoms with Crippen molar-refractivity contribution >= 4 is 27.5 Å². The number of hydrogen-bond acceptors (Lipinski definition) is 4. The number of hydrogen-bond donors (Lipinski definition) is 2. The van der Waals surface area contributed by atoms with Crippen molar-refractivity contribution in [1.82, 2.24) is 4.98 Å². The van der Waals surface area contributed by atoms with E-state index in [2.05, 4.69) is 26.2 Å². The number of nitrogens with one attached hydrogen (secondary N) is 1. The van der Waals surface area contributed by atoms with Gasteiger partial charge in [-0.25, -0.2) is 0 Å². The quantitative estimate of drug-likeness (QED) is 0.751. The highest BCUT2D eigenvalue weighted by atomic mass is 79.9. The van der Waals surface area contributed by atoms with E-state index in [9.17, 15) is 4.79 Å². The van der Waals surface area contributed by atoms with Gasteiger partial charge in [-0.1, -0.05) is 0 Å². The number of ether oxygens (including phenoxy) is 1. The Kier molecular flexibility index (Phi) is 5.06. The van der Waals surface area contributed by atoms with E-state index >= 15 is 0 Å². The molecule has 1 aromatic heterocycles. The summed E-state index contributed by atoms with van der Waals surface area (Å²) in [6.45, 7) is 0.993. The fourth-order valence-corrected chi connectivity index (χ4v) is 1.34. The minimum atomic E-state index is -0.458. The predicted octanol–water partition coefficient (Wildman–Crippen LogP) is 0.758. The van der Waals surface area contributed by atoms with Gasteiger partial charge < -0.3 is 15.8 Å². The standard InChI is InChI=1S/C9H12BrN3O2/c10-7-5-12-2-1-8(7)13-3-4-15-6-9(11)14/h1-2,5H,3-4,6H2,(H2,11,14)(H,12,13). The third-order valence-corrected chi connectivity index (χ3v) is 2.21. The second-order valence-electron chi connectivity index (χ2n) is 2.80. The largest absolute Gasteiger partial charge is 0.382 e. The Morgan fingerprint density at radius 1 is 1.67 bits per heavy atom. The van der Waals surface area contributed by atoms with E-state index in [0.29, 0.717) is 13.2 Å². The molecular weight excluding hydrogens is 262 g/mol. The van der Waals surface area contributed by atoms with E-state index in [1.165, 1.54) is 0 Å². The number of carbonyl (C=O) groups excluding carboxylic acids is 1. The Morgan fingerprint density at radius 2 is 2.47 bits per heavy atom. The Labute approximate surface area is 96.1 Å². The molecule has 0 aliphatic rings. The lowest BCUT2D eigenvalue weighted by atomic mass is 10.4. The Hall–Kier alpha value is -1.14. The van der Waals surface area contributed by atoms with Crippen LogP contribution in [-0.2, 0) is 9.53 Å². The van der Waals surface area contributed by atoms with Crippen molar-refractivity contribution in [3.05, 3.63) is 22.9 Å². The van der Waals surface area contributed by atoms with Crippen LogP contribution in [0.15, 0.2) is 22.9 Å². The van der Waals surface area contributed by atoms with E-state index in [0.717, 1.165) is 10.2 Å². The molecule has 0 radical (unpaired) electrons. The number of halogens is 1. The number of aromatic nitrogens is 1. The van der Waals surface area contributed by atoms with Gasteiger partial charge in [0.05, 0.1) is 16.8 Å². The van der Waals surface area contributed by atoms with Gasteiger partial charge in [0.15, 0.2) is 0 Å². The molecule has 1 amide bonds. The van der Waals surface area contributed by atoms with Gasteiger partial charge in [-0.2, -0.15) is 0 Å². The zero-order chi connectivity index (χ0) is 11.1. The number of amides is 1. The summed E-state index contributed by atoms with van der Waals surface area (Å²) in [5.41, 5.74) is 5.85. The number of primary amides is 1. The molecule has 3 N–H and O–H groups in total. The average molecular weight is 274 g/mol. The molecule has 5 nitrogen and oxygen atoms in total. The molecular formula is C9H12BrN3O2. The molecule has 0 spiro atoms. The second-order valence-corrected chi connectivity index (χ2v) is 3.66. The fourth-order valence-electron chi connectivity index (χ4n) is 0.949. The number of nitrogens with two attached hydrogens (primary N) is 1. The molecule has 15 heavy (non-hydrogen) atoms. The van der Waals surface area contributed by atoms with Gasteiger partial charge >= 0.3 is 0 Å². The molecule has 0 atom stereocenters. The molecule has 0 unspecified atom stereocenters. The monoisotopic (exact) mass is 273 g/mol. The average Bonchev–Trinajstić information content (AvgIpc) is 2.20. The smallest absolute Gasteiger partial charge is 0.243 e. The molecule has 1 rings (SSSR count). The highest BCUT2D eigenvalue weighted by Gasteiger charge is 1.98. The topological polar surface area (TPSA) is 77.2 Å². The predicted molar refractivity (Wildman–Crippen MR) is 60.4 cm³/mol. The van der Waals surface area contributed by atoms with E-state index in [4.69, 9.17) is 10.5 Å². The normalized spacial score (nSPS) is 9.93. The molecule has 0 saturated heterocycles. The van der Waals surface area contributed by atoms with E-state index < -0.39 is 5.91 Å². The van der Waals surface area contributed by atoms with Gasteiger partial charge in [-0.3, -0.25) is 9.78 Å². The molecule has 0 aromatic carbocycles. The van der Waals surface area contributed by atoms with Crippen LogP contribution in [0.5, 0.6) is 0 Å². The van der Waals surface area contributed by atoms with Crippen LogP contribution in [0.1, 0.15) is 0 Å². The Balaban J connectivity index is 2.21. The van der Waals surface area contributed by atoms with Gasteiger partial charge in [0.2, 0.25) is 5.91 Å². The summed E-state index contributed by atoms with van der Waals surface area (Å²) in [4.78, 5) is 14.3. The summed E-state index contributed by atoms with van der Waals surface area (Å²) in [5, 5.41) is 3.12. The summed E-state index contributed by atoms with van der Waals surface area (Å²) in [5.74, 6) is -0.458. The second kappa shape index (κ2) is 6.36. The lowest BCUT2D eigenvalue weighted by molar-refractivity contribution is -0.122. The van der Waals surface area contributed by atoms with Crippen LogP contribution < -0.4 is 11.1 Å². The highest BCUT2D eigenvalue weighted by Crippen LogP contribution is 2.19. The van der Waals surface area contributed by atoms with Gasteiger partial charge in [0.1, 0.15) is 6.61 Å². The molecule has 6 heteroatoms. The lowest BCUT2D eigenvalue weighted by Crippen LogP contribution is -2.20. The van der Waals surface area contributed by atoms with Gasteiger partial charge in [-0.05, 0) is 22.0 Å². The molecule has 0 aliphatic heterocycles. The first-order chi connectivity index (χ1) is 7.20. The minimum absolute atomic E-state index is 0.0425. The zero-order valence-corrected chi connectivity index (χ0v) is 9.66. The van der Waals surface area contributed by atoms with Crippen LogP contribution in [0.2, 0.25) is 0 Å². The van der Waals surface area contributed by atoms with Crippen LogP contribution in [0.25, 0.3) is 0 Å². The number of rotatable bonds is 6. The van der Waals surface area contributed by atoms with Crippen molar-refractivity contribution in [1.29, 1.82) is 0 Å². The minimum Gasteiger partial charge on any atom is -0.382 e. The third-order valence-electron chi connectivity index (χ3n) is 1.58. The highest BCUT2D eigenvalue weighted by molar-refractivity contribution is 9.10. The maximum atomic E-state index is 10.3. The van der Waals surface area contributed by atoms with Crippen molar-refractivity contribution < 1.29 is 9.53 Å². The maximum Gasteiger partial charge on any atom is 0.243 e. The van der Waals surface area contributed by atoms with Crippen molar-refractivity contribution in [2.24, 2.45) is 5.73 Å². The summed E-state index contributed by atoms with van der Waals surface area (Å²) in [6, 6.07) is 1.85. The van der Waals surface area contributed by atoms with E-state index in [1.807, 2.05) is 6.07 Å². The first kappa shape index (κ1) is 11.9. The molecule has 0 aliphatic carbocycles. The van der Waals surface area contributed by atoms with Crippen molar-refractivity contribution in [3.8, 4) is 0 Å². The zero-order valence-electron chi connectivity index (χ0n) is 8.07. The lowest BCUT2D eigenvalue weighted by Gasteiger charge is -2.07. The van der Waals surface area contributed by atoms with Gasteiger partial charge in [0, 0.05) is 18.9 Å². The number of pyridine rings is 1. The van der Waals surface area contributed by atoms with E-state index in [1.54, 1.807) is 12.4 Å². The molecule has 0 fully saturated rings. The van der Waals surface area contributed by atoms with E-state index in [-0.39, 0.29) is 6.61 Å². The van der Waals surface area contributed by atoms with Crippen LogP contribution in [-0.4, -0.2) is 30.6 Å². The number of carbonyl (C=O) groups is 1. The van der Waals surface area contributed by atoms with Crippen molar-refractivity contribution in [2.45, 2.75) is 0 Å².